The molecular weight excluding hydrogens is 352 g/mol. The summed E-state index contributed by atoms with van der Waals surface area (Å²) in [7, 11) is 1.62. The molecule has 0 unspecified atom stereocenters. The summed E-state index contributed by atoms with van der Waals surface area (Å²) in [6.45, 7) is 4.90. The van der Waals surface area contributed by atoms with Crippen LogP contribution in [0.15, 0.2) is 54.6 Å². The third-order valence-electron chi connectivity index (χ3n) is 5.29. The highest BCUT2D eigenvalue weighted by molar-refractivity contribution is 6.07. The number of nitrogens with one attached hydrogen (secondary N) is 1. The highest BCUT2D eigenvalue weighted by Gasteiger charge is 2.58. The van der Waals surface area contributed by atoms with Crippen LogP contribution >= 0.6 is 0 Å². The molecule has 0 bridgehead atoms. The maximum atomic E-state index is 13.3. The third-order valence-corrected chi connectivity index (χ3v) is 5.29. The lowest BCUT2D eigenvalue weighted by Crippen LogP contribution is -2.47. The lowest BCUT2D eigenvalue weighted by molar-refractivity contribution is -0.146. The molecule has 5 nitrogen and oxygen atoms in total. The van der Waals surface area contributed by atoms with E-state index in [0.717, 1.165) is 16.9 Å². The molecule has 0 heterocycles. The zero-order valence-corrected chi connectivity index (χ0v) is 16.8. The van der Waals surface area contributed by atoms with Gasteiger partial charge in [-0.15, -0.1) is 0 Å². The Kier molecular flexibility index (Phi) is 6.02. The first kappa shape index (κ1) is 19.9. The topological polar surface area (TPSA) is 58.6 Å². The molecule has 3 rings (SSSR count). The van der Waals surface area contributed by atoms with Gasteiger partial charge in [0, 0.05) is 19.1 Å². The SMILES string of the molecule is COc1ccc(CNC(=O)C2(C(=O)N(Cc3ccccc3)C(C)C)CC2)cc1. The molecule has 0 atom stereocenters. The van der Waals surface area contributed by atoms with E-state index in [0.29, 0.717) is 25.9 Å². The average molecular weight is 380 g/mol. The van der Waals surface area contributed by atoms with Crippen LogP contribution in [0.4, 0.5) is 0 Å². The Morgan fingerprint density at radius 3 is 2.21 bits per heavy atom. The molecule has 1 N–H and O–H groups in total. The number of benzene rings is 2. The Bertz CT molecular complexity index is 812. The predicted molar refractivity (Wildman–Crippen MR) is 109 cm³/mol. The van der Waals surface area contributed by atoms with E-state index in [2.05, 4.69) is 5.32 Å². The van der Waals surface area contributed by atoms with Crippen LogP contribution in [0.2, 0.25) is 0 Å². The Labute approximate surface area is 166 Å². The van der Waals surface area contributed by atoms with E-state index in [1.807, 2.05) is 73.3 Å². The van der Waals surface area contributed by atoms with Crippen molar-refractivity contribution in [2.75, 3.05) is 7.11 Å². The van der Waals surface area contributed by atoms with Crippen molar-refractivity contribution in [2.24, 2.45) is 5.41 Å². The number of carbonyl (C=O) groups is 2. The van der Waals surface area contributed by atoms with Crippen LogP contribution in [0.1, 0.15) is 37.8 Å². The molecule has 1 aliphatic rings. The van der Waals surface area contributed by atoms with Crippen molar-refractivity contribution in [3.8, 4) is 5.75 Å². The third kappa shape index (κ3) is 4.35. The molecule has 5 heteroatoms. The van der Waals surface area contributed by atoms with Gasteiger partial charge in [-0.3, -0.25) is 9.59 Å². The Hall–Kier alpha value is -2.82. The van der Waals surface area contributed by atoms with Crippen LogP contribution in [-0.4, -0.2) is 29.9 Å². The predicted octanol–water partition coefficient (Wildman–Crippen LogP) is 3.53. The number of ether oxygens (including phenoxy) is 1. The highest BCUT2D eigenvalue weighted by Crippen LogP contribution is 2.48. The van der Waals surface area contributed by atoms with Crippen LogP contribution in [0.3, 0.4) is 0 Å². The maximum absolute atomic E-state index is 13.3. The molecule has 0 spiro atoms. The molecular formula is C23H28N2O3. The minimum atomic E-state index is -0.911. The first-order valence-corrected chi connectivity index (χ1v) is 9.72. The van der Waals surface area contributed by atoms with Gasteiger partial charge in [0.25, 0.3) is 0 Å². The second kappa shape index (κ2) is 8.46. The normalized spacial score (nSPS) is 14.4. The van der Waals surface area contributed by atoms with Crippen LogP contribution in [0, 0.1) is 5.41 Å². The average Bonchev–Trinajstić information content (AvgIpc) is 3.53. The Morgan fingerprint density at radius 2 is 1.68 bits per heavy atom. The number of methoxy groups -OCH3 is 1. The van der Waals surface area contributed by atoms with Crippen LogP contribution in [0.25, 0.3) is 0 Å². The van der Waals surface area contributed by atoms with Gasteiger partial charge < -0.3 is 15.0 Å². The number of carbonyl (C=O) groups excluding carboxylic acids is 2. The summed E-state index contributed by atoms with van der Waals surface area (Å²) in [5, 5.41) is 2.95. The minimum Gasteiger partial charge on any atom is -0.497 e. The van der Waals surface area contributed by atoms with E-state index in [-0.39, 0.29) is 17.9 Å². The smallest absolute Gasteiger partial charge is 0.238 e. The summed E-state index contributed by atoms with van der Waals surface area (Å²) in [6.07, 6.45) is 1.22. The van der Waals surface area contributed by atoms with Crippen LogP contribution < -0.4 is 10.1 Å². The monoisotopic (exact) mass is 380 g/mol. The summed E-state index contributed by atoms with van der Waals surface area (Å²) in [4.78, 5) is 27.9. The Balaban J connectivity index is 1.65. The van der Waals surface area contributed by atoms with Crippen LogP contribution in [0.5, 0.6) is 5.75 Å². The standard InChI is InChI=1S/C23H28N2O3/c1-17(2)25(16-19-7-5-4-6-8-19)22(27)23(13-14-23)21(26)24-15-18-9-11-20(28-3)12-10-18/h4-12,17H,13-16H2,1-3H3,(H,24,26). The zero-order chi connectivity index (χ0) is 20.1. The molecule has 0 saturated heterocycles. The summed E-state index contributed by atoms with van der Waals surface area (Å²) in [5.41, 5.74) is 1.13. The van der Waals surface area contributed by atoms with E-state index in [1.54, 1.807) is 7.11 Å². The number of hydrogen-bond donors (Lipinski definition) is 1. The summed E-state index contributed by atoms with van der Waals surface area (Å²) >= 11 is 0. The zero-order valence-electron chi connectivity index (χ0n) is 16.8. The quantitative estimate of drug-likeness (QED) is 0.713. The second-order valence-corrected chi connectivity index (χ2v) is 7.63. The first-order valence-electron chi connectivity index (χ1n) is 9.72. The fraction of sp³-hybridized carbons (Fsp3) is 0.391. The number of amides is 2. The highest BCUT2D eigenvalue weighted by atomic mass is 16.5. The van der Waals surface area contributed by atoms with E-state index < -0.39 is 5.41 Å². The van der Waals surface area contributed by atoms with E-state index in [1.165, 1.54) is 0 Å². The lowest BCUT2D eigenvalue weighted by Gasteiger charge is -2.30. The van der Waals surface area contributed by atoms with Gasteiger partial charge in [-0.1, -0.05) is 42.5 Å². The molecule has 1 fully saturated rings. The Morgan fingerprint density at radius 1 is 1.04 bits per heavy atom. The van der Waals surface area contributed by atoms with Crippen LogP contribution in [-0.2, 0) is 22.7 Å². The first-order chi connectivity index (χ1) is 13.5. The van der Waals surface area contributed by atoms with E-state index in [9.17, 15) is 9.59 Å². The van der Waals surface area contributed by atoms with Crippen molar-refractivity contribution in [3.05, 3.63) is 65.7 Å². The van der Waals surface area contributed by atoms with E-state index in [4.69, 9.17) is 4.74 Å². The van der Waals surface area contributed by atoms with Crippen molar-refractivity contribution in [2.45, 2.75) is 45.8 Å². The minimum absolute atomic E-state index is 0.0274. The van der Waals surface area contributed by atoms with Gasteiger partial charge in [0.2, 0.25) is 11.8 Å². The molecule has 28 heavy (non-hydrogen) atoms. The number of hydrogen-bond acceptors (Lipinski definition) is 3. The number of rotatable bonds is 8. The van der Waals surface area contributed by atoms with Gasteiger partial charge in [0.05, 0.1) is 7.11 Å². The summed E-state index contributed by atoms with van der Waals surface area (Å²) < 4.78 is 5.15. The molecule has 2 aromatic carbocycles. The largest absolute Gasteiger partial charge is 0.497 e. The van der Waals surface area contributed by atoms with Gasteiger partial charge >= 0.3 is 0 Å². The van der Waals surface area contributed by atoms with Gasteiger partial charge in [-0.25, -0.2) is 0 Å². The lowest BCUT2D eigenvalue weighted by atomic mass is 10.0. The molecule has 1 saturated carbocycles. The fourth-order valence-corrected chi connectivity index (χ4v) is 3.30. The summed E-state index contributed by atoms with van der Waals surface area (Å²) in [5.74, 6) is 0.531. The molecule has 0 aliphatic heterocycles. The van der Waals surface area contributed by atoms with Crippen molar-refractivity contribution < 1.29 is 14.3 Å². The van der Waals surface area contributed by atoms with Crippen molar-refractivity contribution in [1.29, 1.82) is 0 Å². The van der Waals surface area contributed by atoms with Crippen molar-refractivity contribution in [1.82, 2.24) is 10.2 Å². The summed E-state index contributed by atoms with van der Waals surface area (Å²) in [6, 6.07) is 17.5. The van der Waals surface area contributed by atoms with Gasteiger partial charge in [0.15, 0.2) is 0 Å². The molecule has 2 amide bonds. The van der Waals surface area contributed by atoms with Gasteiger partial charge in [0.1, 0.15) is 11.2 Å². The second-order valence-electron chi connectivity index (χ2n) is 7.63. The van der Waals surface area contributed by atoms with Gasteiger partial charge in [-0.05, 0) is 49.9 Å². The van der Waals surface area contributed by atoms with Crippen molar-refractivity contribution in [3.63, 3.8) is 0 Å². The fourth-order valence-electron chi connectivity index (χ4n) is 3.30. The molecule has 148 valence electrons. The van der Waals surface area contributed by atoms with E-state index >= 15 is 0 Å². The van der Waals surface area contributed by atoms with Crippen molar-refractivity contribution >= 4 is 11.8 Å². The number of nitrogens with zero attached hydrogens (tertiary/aromatic N) is 1. The molecule has 0 aromatic heterocycles. The molecule has 2 aromatic rings. The molecule has 0 radical (unpaired) electrons. The molecule has 1 aliphatic carbocycles. The van der Waals surface area contributed by atoms with Gasteiger partial charge in [-0.2, -0.15) is 0 Å². The maximum Gasteiger partial charge on any atom is 0.238 e.